The maximum absolute atomic E-state index is 9.22. The fourth-order valence-corrected chi connectivity index (χ4v) is 1.88. The summed E-state index contributed by atoms with van der Waals surface area (Å²) in [7, 11) is -3.60. The molecule has 3 aromatic rings. The minimum Gasteiger partial charge on any atom is -0.726 e. The smallest absolute Gasteiger partial charge is 0.726 e. The van der Waals surface area contributed by atoms with Crippen molar-refractivity contribution in [3.05, 3.63) is 60.7 Å². The minimum absolute atomic E-state index is 0. The van der Waals surface area contributed by atoms with E-state index < -0.39 is 10.4 Å². The van der Waals surface area contributed by atoms with Crippen molar-refractivity contribution in [3.8, 4) is 0 Å². The Morgan fingerprint density at radius 3 is 1.24 bits per heavy atom. The summed E-state index contributed by atoms with van der Waals surface area (Å²) in [5.74, 6) is 0. The molecule has 0 saturated heterocycles. The van der Waals surface area contributed by atoms with Gasteiger partial charge in [0.1, 0.15) is 0 Å². The Morgan fingerprint density at radius 2 is 1.05 bits per heavy atom. The van der Waals surface area contributed by atoms with E-state index in [-0.39, 0.29) is 29.6 Å². The van der Waals surface area contributed by atoms with Crippen LogP contribution in [0.5, 0.6) is 0 Å². The van der Waals surface area contributed by atoms with Crippen molar-refractivity contribution >= 4 is 31.9 Å². The number of benzene rings is 3. The molecule has 3 aromatic carbocycles. The van der Waals surface area contributed by atoms with Gasteiger partial charge in [0.2, 0.25) is 10.4 Å². The van der Waals surface area contributed by atoms with E-state index in [1.54, 1.807) is 0 Å². The van der Waals surface area contributed by atoms with Crippen LogP contribution in [0.1, 0.15) is 0 Å². The topological polar surface area (TPSA) is 66.4 Å². The second-order valence-corrected chi connectivity index (χ2v) is 5.27. The molecule has 0 radical (unpaired) electrons. The molecule has 0 aromatic heterocycles. The third-order valence-electron chi connectivity index (χ3n) is 2.82. The third-order valence-corrected chi connectivity index (χ3v) is 3.23. The quantitative estimate of drug-likeness (QED) is 0.276. The molecule has 0 saturated carbocycles. The van der Waals surface area contributed by atoms with E-state index in [2.05, 4.69) is 64.8 Å². The molecule has 4 nitrogen and oxygen atoms in total. The van der Waals surface area contributed by atoms with Crippen LogP contribution in [-0.4, -0.2) is 20.1 Å². The maximum atomic E-state index is 9.22. The van der Waals surface area contributed by atoms with Gasteiger partial charge in [0.15, 0.2) is 0 Å². The standard InChI is InChI=1S/C14H10.CH4O4S.Na/c1-2-6-12-10-14-8-4-3-7-13(14)9-11(12)5-1;1-5-6(2,3)4;/h1-10H;1H3,(H,2,3,4);/q;;+1/p-1. The maximum Gasteiger partial charge on any atom is 1.00 e. The summed E-state index contributed by atoms with van der Waals surface area (Å²) in [6.07, 6.45) is 0. The van der Waals surface area contributed by atoms with E-state index in [0.717, 1.165) is 7.11 Å². The van der Waals surface area contributed by atoms with Gasteiger partial charge in [-0.25, -0.2) is 8.42 Å². The predicted octanol–water partition coefficient (Wildman–Crippen LogP) is 0.0900. The van der Waals surface area contributed by atoms with Gasteiger partial charge in [0.25, 0.3) is 0 Å². The predicted molar refractivity (Wildman–Crippen MR) is 78.2 cm³/mol. The molecule has 6 heteroatoms. The van der Waals surface area contributed by atoms with Crippen molar-refractivity contribution in [2.24, 2.45) is 0 Å². The first-order chi connectivity index (χ1) is 9.49. The molecule has 0 heterocycles. The van der Waals surface area contributed by atoms with E-state index in [1.807, 2.05) is 0 Å². The summed E-state index contributed by atoms with van der Waals surface area (Å²) in [5, 5.41) is 5.25. The first-order valence-corrected chi connectivity index (χ1v) is 7.22. The van der Waals surface area contributed by atoms with Crippen LogP contribution in [0.25, 0.3) is 21.5 Å². The van der Waals surface area contributed by atoms with Crippen molar-refractivity contribution < 1.29 is 46.7 Å². The van der Waals surface area contributed by atoms with Gasteiger partial charge in [-0.05, 0) is 33.7 Å². The average Bonchev–Trinajstić information content (AvgIpc) is 2.45. The molecule has 0 aliphatic carbocycles. The summed E-state index contributed by atoms with van der Waals surface area (Å²) in [4.78, 5) is 0. The van der Waals surface area contributed by atoms with Gasteiger partial charge in [-0.2, -0.15) is 0 Å². The summed E-state index contributed by atoms with van der Waals surface area (Å²) in [5.41, 5.74) is 0. The molecule has 0 fully saturated rings. The Bertz CT molecular complexity index is 726. The molecule has 0 aliphatic heterocycles. The number of fused-ring (bicyclic) bond motifs is 2. The summed E-state index contributed by atoms with van der Waals surface area (Å²) < 4.78 is 31.0. The van der Waals surface area contributed by atoms with Crippen molar-refractivity contribution in [2.75, 3.05) is 7.11 Å². The molecule has 0 unspecified atom stereocenters. The molecular weight excluding hydrogens is 299 g/mol. The van der Waals surface area contributed by atoms with Crippen LogP contribution < -0.4 is 29.6 Å². The van der Waals surface area contributed by atoms with Gasteiger partial charge >= 0.3 is 29.6 Å². The van der Waals surface area contributed by atoms with Crippen LogP contribution in [-0.2, 0) is 14.6 Å². The SMILES string of the molecule is COS(=O)(=O)[O-].[Na+].c1ccc2cc3ccccc3cc2c1. The molecule has 21 heavy (non-hydrogen) atoms. The average molecular weight is 312 g/mol. The first-order valence-electron chi connectivity index (χ1n) is 5.88. The van der Waals surface area contributed by atoms with Crippen molar-refractivity contribution in [2.45, 2.75) is 0 Å². The van der Waals surface area contributed by atoms with Gasteiger partial charge in [-0.15, -0.1) is 0 Å². The van der Waals surface area contributed by atoms with Crippen LogP contribution in [0.4, 0.5) is 0 Å². The van der Waals surface area contributed by atoms with E-state index in [1.165, 1.54) is 21.5 Å². The molecular formula is C15H13NaO4S. The normalized spacial score (nSPS) is 10.6. The van der Waals surface area contributed by atoms with E-state index in [4.69, 9.17) is 0 Å². The zero-order valence-electron chi connectivity index (χ0n) is 11.8. The molecule has 0 aliphatic rings. The van der Waals surface area contributed by atoms with Gasteiger partial charge in [-0.1, -0.05) is 48.5 Å². The zero-order valence-corrected chi connectivity index (χ0v) is 14.6. The van der Waals surface area contributed by atoms with Crippen LogP contribution in [0.3, 0.4) is 0 Å². The summed E-state index contributed by atoms with van der Waals surface area (Å²) >= 11 is 0. The number of hydrogen-bond donors (Lipinski definition) is 0. The molecule has 0 spiro atoms. The molecule has 0 atom stereocenters. The van der Waals surface area contributed by atoms with Gasteiger partial charge < -0.3 is 4.55 Å². The molecule has 3 rings (SSSR count). The molecule has 104 valence electrons. The van der Waals surface area contributed by atoms with Gasteiger partial charge in [-0.3, -0.25) is 4.18 Å². The number of hydrogen-bond acceptors (Lipinski definition) is 4. The second kappa shape index (κ2) is 7.89. The number of rotatable bonds is 1. The fraction of sp³-hybridized carbons (Fsp3) is 0.0667. The van der Waals surface area contributed by atoms with E-state index in [0.29, 0.717) is 0 Å². The molecule has 0 N–H and O–H groups in total. The van der Waals surface area contributed by atoms with E-state index >= 15 is 0 Å². The largest absolute Gasteiger partial charge is 1.00 e. The van der Waals surface area contributed by atoms with Crippen LogP contribution in [0.15, 0.2) is 60.7 Å². The first kappa shape index (κ1) is 18.1. The molecule has 0 amide bonds. The Kier molecular flexibility index (Phi) is 6.80. The van der Waals surface area contributed by atoms with Gasteiger partial charge in [0, 0.05) is 0 Å². The summed E-state index contributed by atoms with van der Waals surface area (Å²) in [6, 6.07) is 21.4. The van der Waals surface area contributed by atoms with Gasteiger partial charge in [0.05, 0.1) is 7.11 Å². The Morgan fingerprint density at radius 1 is 0.810 bits per heavy atom. The Hall–Kier alpha value is -0.950. The zero-order chi connectivity index (χ0) is 14.6. The summed E-state index contributed by atoms with van der Waals surface area (Å²) in [6.45, 7) is 0. The third kappa shape index (κ3) is 5.39. The van der Waals surface area contributed by atoms with Crippen LogP contribution in [0.2, 0.25) is 0 Å². The van der Waals surface area contributed by atoms with Crippen LogP contribution in [0, 0.1) is 0 Å². The van der Waals surface area contributed by atoms with Crippen molar-refractivity contribution in [3.63, 3.8) is 0 Å². The van der Waals surface area contributed by atoms with Crippen molar-refractivity contribution in [1.29, 1.82) is 0 Å². The van der Waals surface area contributed by atoms with E-state index in [9.17, 15) is 13.0 Å². The van der Waals surface area contributed by atoms with Crippen LogP contribution >= 0.6 is 0 Å². The second-order valence-electron chi connectivity index (χ2n) is 4.12. The minimum atomic E-state index is -4.41. The Labute approximate surface area is 146 Å². The molecule has 0 bridgehead atoms. The fourth-order valence-electron chi connectivity index (χ4n) is 1.88. The van der Waals surface area contributed by atoms with Crippen molar-refractivity contribution in [1.82, 2.24) is 0 Å². The monoisotopic (exact) mass is 312 g/mol. The Balaban J connectivity index is 0.000000275.